The number of carbonyl (C=O) groups is 1. The van der Waals surface area contributed by atoms with Crippen molar-refractivity contribution in [2.75, 3.05) is 39.3 Å². The average molecular weight is 409 g/mol. The monoisotopic (exact) mass is 408 g/mol. The van der Waals surface area contributed by atoms with Gasteiger partial charge in [-0.1, -0.05) is 31.9 Å². The van der Waals surface area contributed by atoms with Crippen LogP contribution in [0.4, 0.5) is 0 Å². The third-order valence-corrected chi connectivity index (χ3v) is 7.91. The van der Waals surface area contributed by atoms with E-state index in [1.165, 1.54) is 42.6 Å². The molecule has 0 spiro atoms. The zero-order chi connectivity index (χ0) is 20.1. The van der Waals surface area contributed by atoms with Crippen LogP contribution in [0, 0.1) is 5.92 Å². The van der Waals surface area contributed by atoms with Crippen molar-refractivity contribution >= 4 is 15.8 Å². The van der Waals surface area contributed by atoms with Gasteiger partial charge in [0.15, 0.2) is 5.78 Å². The Balaban J connectivity index is 1.46. The molecule has 1 aromatic carbocycles. The lowest BCUT2D eigenvalue weighted by atomic mass is 9.88. The number of benzene rings is 1. The predicted molar refractivity (Wildman–Crippen MR) is 109 cm³/mol. The molecule has 1 aliphatic carbocycles. The second-order valence-electron chi connectivity index (χ2n) is 8.00. The zero-order valence-electron chi connectivity index (χ0n) is 17.0. The Morgan fingerprint density at radius 3 is 2.32 bits per heavy atom. The molecule has 3 rings (SSSR count). The Bertz CT molecular complexity index is 755. The number of piperazine rings is 1. The third kappa shape index (κ3) is 5.20. The molecule has 2 aliphatic rings. The topological polar surface area (TPSA) is 66.9 Å². The van der Waals surface area contributed by atoms with E-state index in [9.17, 15) is 13.2 Å². The first-order chi connectivity index (χ1) is 13.4. The molecule has 0 bridgehead atoms. The zero-order valence-corrected chi connectivity index (χ0v) is 17.8. The molecule has 2 fully saturated rings. The lowest BCUT2D eigenvalue weighted by Crippen LogP contribution is -2.49. The Morgan fingerprint density at radius 1 is 1.07 bits per heavy atom. The lowest BCUT2D eigenvalue weighted by molar-refractivity contribution is -0.0160. The van der Waals surface area contributed by atoms with Crippen LogP contribution in [0.1, 0.15) is 49.9 Å². The summed E-state index contributed by atoms with van der Waals surface area (Å²) >= 11 is 0. The number of carbonyl (C=O) groups excluding carboxylic acids is 1. The van der Waals surface area contributed by atoms with E-state index in [1.807, 2.05) is 0 Å². The normalized spacial score (nSPS) is 24.9. The molecule has 28 heavy (non-hydrogen) atoms. The number of ether oxygens (including phenoxy) is 1. The minimum absolute atomic E-state index is 0.0672. The van der Waals surface area contributed by atoms with Gasteiger partial charge in [-0.15, -0.1) is 0 Å². The number of nitrogens with zero attached hydrogens (tertiary/aromatic N) is 2. The molecule has 1 saturated carbocycles. The molecule has 0 radical (unpaired) electrons. The van der Waals surface area contributed by atoms with Crippen molar-refractivity contribution in [1.29, 1.82) is 0 Å². The first-order valence-electron chi connectivity index (χ1n) is 10.3. The molecule has 1 saturated heterocycles. The van der Waals surface area contributed by atoms with E-state index in [2.05, 4.69) is 11.8 Å². The fraction of sp³-hybridized carbons (Fsp3) is 0.667. The van der Waals surface area contributed by atoms with Gasteiger partial charge < -0.3 is 4.74 Å². The highest BCUT2D eigenvalue weighted by Crippen LogP contribution is 2.26. The number of Topliss-reactive ketones (excluding diaryl/α,β-unsaturated/α-hetero) is 1. The Labute approximate surface area is 168 Å². The quantitative estimate of drug-likeness (QED) is 0.649. The van der Waals surface area contributed by atoms with Crippen LogP contribution in [0.5, 0.6) is 0 Å². The fourth-order valence-corrected chi connectivity index (χ4v) is 5.49. The van der Waals surface area contributed by atoms with E-state index in [0.717, 1.165) is 13.0 Å². The molecule has 0 aromatic heterocycles. The molecular formula is C21H32N2O4S. The van der Waals surface area contributed by atoms with Gasteiger partial charge in [0.25, 0.3) is 0 Å². The summed E-state index contributed by atoms with van der Waals surface area (Å²) in [6.07, 6.45) is 5.38. The van der Waals surface area contributed by atoms with Gasteiger partial charge in [-0.3, -0.25) is 9.69 Å². The molecule has 6 nitrogen and oxygen atoms in total. The van der Waals surface area contributed by atoms with E-state index in [4.69, 9.17) is 4.74 Å². The number of hydrogen-bond acceptors (Lipinski definition) is 5. The van der Waals surface area contributed by atoms with Crippen LogP contribution in [-0.2, 0) is 14.8 Å². The first kappa shape index (κ1) is 21.4. The molecule has 1 aromatic rings. The summed E-state index contributed by atoms with van der Waals surface area (Å²) in [5.74, 6) is 0.576. The Hall–Kier alpha value is -1.28. The fourth-order valence-electron chi connectivity index (χ4n) is 4.07. The molecule has 1 heterocycles. The lowest BCUT2D eigenvalue weighted by Gasteiger charge is -2.35. The van der Waals surface area contributed by atoms with Gasteiger partial charge in [0.05, 0.1) is 17.6 Å². The molecule has 1 aliphatic heterocycles. The minimum Gasteiger partial charge on any atom is -0.377 e. The number of hydrogen-bond donors (Lipinski definition) is 0. The maximum atomic E-state index is 12.8. The average Bonchev–Trinajstić information content (AvgIpc) is 2.70. The Kier molecular flexibility index (Phi) is 7.25. The summed E-state index contributed by atoms with van der Waals surface area (Å²) in [6.45, 7) is 7.71. The van der Waals surface area contributed by atoms with Crippen LogP contribution in [0.3, 0.4) is 0 Å². The standard InChI is InChI=1S/C21H32N2O4S/c1-17-5-3-4-6-21(17)27-16-15-22-11-13-23(14-12-22)28(25,26)20-9-7-19(8-10-20)18(2)24/h7-10,17,21H,3-6,11-16H2,1-2H3. The summed E-state index contributed by atoms with van der Waals surface area (Å²) in [6, 6.07) is 6.21. The van der Waals surface area contributed by atoms with Crippen LogP contribution in [-0.4, -0.2) is 68.8 Å². The summed E-state index contributed by atoms with van der Waals surface area (Å²) in [5, 5.41) is 0. The molecule has 0 amide bonds. The molecule has 2 unspecified atom stereocenters. The van der Waals surface area contributed by atoms with Crippen molar-refractivity contribution in [2.45, 2.75) is 50.5 Å². The van der Waals surface area contributed by atoms with E-state index in [0.29, 0.717) is 50.4 Å². The van der Waals surface area contributed by atoms with Gasteiger partial charge in [-0.05, 0) is 37.8 Å². The highest BCUT2D eigenvalue weighted by atomic mass is 32.2. The van der Waals surface area contributed by atoms with Crippen molar-refractivity contribution in [3.63, 3.8) is 0 Å². The van der Waals surface area contributed by atoms with E-state index < -0.39 is 10.0 Å². The summed E-state index contributed by atoms with van der Waals surface area (Å²) < 4.78 is 33.3. The van der Waals surface area contributed by atoms with Gasteiger partial charge in [0.2, 0.25) is 10.0 Å². The third-order valence-electron chi connectivity index (χ3n) is 6.00. The molecule has 156 valence electrons. The van der Waals surface area contributed by atoms with Crippen LogP contribution in [0.2, 0.25) is 0 Å². The molecule has 0 N–H and O–H groups in total. The summed E-state index contributed by atoms with van der Waals surface area (Å²) in [4.78, 5) is 13.9. The minimum atomic E-state index is -3.51. The van der Waals surface area contributed by atoms with Crippen molar-refractivity contribution in [1.82, 2.24) is 9.21 Å². The highest BCUT2D eigenvalue weighted by molar-refractivity contribution is 7.89. The summed E-state index contributed by atoms with van der Waals surface area (Å²) in [7, 11) is -3.51. The second-order valence-corrected chi connectivity index (χ2v) is 9.94. The van der Waals surface area contributed by atoms with Crippen molar-refractivity contribution in [3.8, 4) is 0 Å². The van der Waals surface area contributed by atoms with Crippen molar-refractivity contribution in [3.05, 3.63) is 29.8 Å². The SMILES string of the molecule is CC(=O)c1ccc(S(=O)(=O)N2CCN(CCOC3CCCCC3C)CC2)cc1. The van der Waals surface area contributed by atoms with Crippen LogP contribution >= 0.6 is 0 Å². The smallest absolute Gasteiger partial charge is 0.243 e. The van der Waals surface area contributed by atoms with Gasteiger partial charge in [-0.25, -0.2) is 8.42 Å². The maximum Gasteiger partial charge on any atom is 0.243 e. The largest absolute Gasteiger partial charge is 0.377 e. The van der Waals surface area contributed by atoms with Crippen molar-refractivity contribution in [2.24, 2.45) is 5.92 Å². The first-order valence-corrected chi connectivity index (χ1v) is 11.8. The maximum absolute atomic E-state index is 12.8. The van der Waals surface area contributed by atoms with E-state index in [1.54, 1.807) is 12.1 Å². The van der Waals surface area contributed by atoms with Gasteiger partial charge in [0, 0.05) is 38.3 Å². The van der Waals surface area contributed by atoms with Crippen LogP contribution in [0.15, 0.2) is 29.2 Å². The highest BCUT2D eigenvalue weighted by Gasteiger charge is 2.29. The van der Waals surface area contributed by atoms with Crippen LogP contribution < -0.4 is 0 Å². The number of sulfonamides is 1. The second kappa shape index (κ2) is 9.48. The summed E-state index contributed by atoms with van der Waals surface area (Å²) in [5.41, 5.74) is 0.524. The molecule has 7 heteroatoms. The molecular weight excluding hydrogens is 376 g/mol. The van der Waals surface area contributed by atoms with Gasteiger partial charge in [-0.2, -0.15) is 4.31 Å². The Morgan fingerprint density at radius 2 is 1.71 bits per heavy atom. The predicted octanol–water partition coefficient (Wildman–Crippen LogP) is 2.79. The van der Waals surface area contributed by atoms with Crippen LogP contribution in [0.25, 0.3) is 0 Å². The number of ketones is 1. The van der Waals surface area contributed by atoms with E-state index in [-0.39, 0.29) is 10.7 Å². The van der Waals surface area contributed by atoms with Gasteiger partial charge >= 0.3 is 0 Å². The van der Waals surface area contributed by atoms with Crippen molar-refractivity contribution < 1.29 is 17.9 Å². The van der Waals surface area contributed by atoms with Gasteiger partial charge in [0.1, 0.15) is 0 Å². The number of rotatable bonds is 7. The van der Waals surface area contributed by atoms with E-state index >= 15 is 0 Å². The molecule has 2 atom stereocenters.